The molecule has 0 saturated heterocycles. The van der Waals surface area contributed by atoms with Crippen LogP contribution in [0.2, 0.25) is 0 Å². The molecule has 90 valence electrons. The van der Waals surface area contributed by atoms with Gasteiger partial charge in [-0.3, -0.25) is 4.79 Å². The molecule has 1 amide bonds. The Morgan fingerprint density at radius 1 is 1.28 bits per heavy atom. The molecule has 0 bridgehead atoms. The Hall–Kier alpha value is -1.88. The van der Waals surface area contributed by atoms with Gasteiger partial charge in [0.25, 0.3) is 5.91 Å². The topological polar surface area (TPSA) is 58.9 Å². The number of carbonyl (C=O) groups is 1. The molecule has 3 nitrogen and oxygen atoms in total. The van der Waals surface area contributed by atoms with Gasteiger partial charge in [-0.2, -0.15) is 0 Å². The second-order valence-corrected chi connectivity index (χ2v) is 4.79. The monoisotopic (exact) mass is 306 g/mol. The molecule has 2 aromatic carbocycles. The summed E-state index contributed by atoms with van der Waals surface area (Å²) >= 11 is 3.23. The van der Waals surface area contributed by atoms with Crippen LogP contribution in [-0.4, -0.2) is 10.9 Å². The van der Waals surface area contributed by atoms with E-state index in [4.69, 9.17) is 5.73 Å². The molecule has 0 unspecified atom stereocenters. The van der Waals surface area contributed by atoms with Gasteiger partial charge in [-0.1, -0.05) is 12.1 Å². The second kappa shape index (κ2) is 3.81. The molecule has 3 rings (SSSR count). The summed E-state index contributed by atoms with van der Waals surface area (Å²) in [5.41, 5.74) is 7.11. The van der Waals surface area contributed by atoms with E-state index in [2.05, 4.69) is 20.9 Å². The number of nitrogens with one attached hydrogen (secondary N) is 1. The van der Waals surface area contributed by atoms with Gasteiger partial charge in [0.2, 0.25) is 0 Å². The van der Waals surface area contributed by atoms with Crippen molar-refractivity contribution >= 4 is 43.6 Å². The van der Waals surface area contributed by atoms with Crippen LogP contribution in [0.25, 0.3) is 21.8 Å². The van der Waals surface area contributed by atoms with Crippen molar-refractivity contribution in [2.45, 2.75) is 0 Å². The van der Waals surface area contributed by atoms with Gasteiger partial charge in [0.1, 0.15) is 5.82 Å². The minimum absolute atomic E-state index is 0.340. The number of para-hydroxylation sites is 1. The number of H-pyrrole nitrogens is 1. The Bertz CT molecular complexity index is 794. The molecule has 1 heterocycles. The third-order valence-electron chi connectivity index (χ3n) is 2.95. The van der Waals surface area contributed by atoms with E-state index in [1.165, 1.54) is 6.07 Å². The number of aromatic nitrogens is 1. The number of hydrogen-bond acceptors (Lipinski definition) is 1. The zero-order valence-corrected chi connectivity index (χ0v) is 10.7. The van der Waals surface area contributed by atoms with Gasteiger partial charge in [0, 0.05) is 16.3 Å². The molecule has 0 atom stereocenters. The summed E-state index contributed by atoms with van der Waals surface area (Å²) in [7, 11) is 0. The molecule has 1 aromatic heterocycles. The van der Waals surface area contributed by atoms with Gasteiger partial charge in [-0.15, -0.1) is 0 Å². The first-order valence-corrected chi connectivity index (χ1v) is 6.07. The van der Waals surface area contributed by atoms with Crippen molar-refractivity contribution < 1.29 is 9.18 Å². The second-order valence-electron chi connectivity index (χ2n) is 4.00. The van der Waals surface area contributed by atoms with E-state index < -0.39 is 5.91 Å². The maximum atomic E-state index is 13.6. The molecule has 5 heteroatoms. The Balaban J connectivity index is 2.56. The van der Waals surface area contributed by atoms with Crippen LogP contribution in [0.15, 0.2) is 34.8 Å². The van der Waals surface area contributed by atoms with Crippen LogP contribution in [0.5, 0.6) is 0 Å². The number of aromatic amines is 1. The van der Waals surface area contributed by atoms with E-state index in [-0.39, 0.29) is 5.82 Å². The highest BCUT2D eigenvalue weighted by Gasteiger charge is 2.14. The maximum absolute atomic E-state index is 13.6. The van der Waals surface area contributed by atoms with Crippen molar-refractivity contribution in [1.82, 2.24) is 4.98 Å². The zero-order valence-electron chi connectivity index (χ0n) is 9.13. The highest BCUT2D eigenvalue weighted by Crippen LogP contribution is 2.34. The van der Waals surface area contributed by atoms with Crippen molar-refractivity contribution in [3.8, 4) is 0 Å². The molecule has 3 N–H and O–H groups in total. The lowest BCUT2D eigenvalue weighted by molar-refractivity contribution is 0.100. The third kappa shape index (κ3) is 1.44. The van der Waals surface area contributed by atoms with E-state index >= 15 is 0 Å². The first-order valence-electron chi connectivity index (χ1n) is 5.28. The molecule has 3 aromatic rings. The van der Waals surface area contributed by atoms with E-state index in [1.807, 2.05) is 6.07 Å². The Morgan fingerprint density at radius 2 is 2.06 bits per heavy atom. The van der Waals surface area contributed by atoms with E-state index in [1.54, 1.807) is 18.2 Å². The molecular formula is C13H8BrFN2O. The number of rotatable bonds is 1. The van der Waals surface area contributed by atoms with Gasteiger partial charge in [-0.05, 0) is 34.1 Å². The minimum atomic E-state index is -0.510. The van der Waals surface area contributed by atoms with Crippen molar-refractivity contribution in [3.05, 3.63) is 46.2 Å². The number of halogens is 2. The van der Waals surface area contributed by atoms with Crippen LogP contribution >= 0.6 is 15.9 Å². The Labute approximate surface area is 110 Å². The summed E-state index contributed by atoms with van der Waals surface area (Å²) in [5, 5.41) is 1.49. The van der Waals surface area contributed by atoms with Gasteiger partial charge in [0.15, 0.2) is 0 Å². The number of hydrogen-bond donors (Lipinski definition) is 2. The fourth-order valence-electron chi connectivity index (χ4n) is 2.15. The average molecular weight is 307 g/mol. The first-order chi connectivity index (χ1) is 8.59. The van der Waals surface area contributed by atoms with Crippen molar-refractivity contribution in [2.75, 3.05) is 0 Å². The van der Waals surface area contributed by atoms with Gasteiger partial charge in [0.05, 0.1) is 15.6 Å². The molecule has 0 radical (unpaired) electrons. The van der Waals surface area contributed by atoms with Gasteiger partial charge < -0.3 is 10.7 Å². The maximum Gasteiger partial charge on any atom is 0.250 e. The lowest BCUT2D eigenvalue weighted by atomic mass is 10.1. The average Bonchev–Trinajstić information content (AvgIpc) is 2.72. The molecule has 0 fully saturated rings. The summed E-state index contributed by atoms with van der Waals surface area (Å²) in [6, 6.07) is 8.20. The van der Waals surface area contributed by atoms with Crippen LogP contribution in [0.4, 0.5) is 4.39 Å². The summed E-state index contributed by atoms with van der Waals surface area (Å²) in [6.07, 6.45) is 0. The SMILES string of the molecule is NC(=O)c1cccc2c1[nH]c1ccc(F)c(Br)c12. The van der Waals surface area contributed by atoms with Crippen LogP contribution in [0.3, 0.4) is 0 Å². The molecule has 0 aliphatic carbocycles. The zero-order chi connectivity index (χ0) is 12.9. The van der Waals surface area contributed by atoms with Crippen molar-refractivity contribution in [2.24, 2.45) is 5.73 Å². The standard InChI is InChI=1S/C13H8BrFN2O/c14-11-8(15)4-5-9-10(11)6-2-1-3-7(13(16)18)12(6)17-9/h1-5,17H,(H2,16,18). The lowest BCUT2D eigenvalue weighted by Gasteiger charge is -1.98. The number of primary amides is 1. The Kier molecular flexibility index (Phi) is 2.38. The third-order valence-corrected chi connectivity index (χ3v) is 3.73. The number of amides is 1. The molecular weight excluding hydrogens is 299 g/mol. The molecule has 0 aliphatic heterocycles. The summed E-state index contributed by atoms with van der Waals surface area (Å²) < 4.78 is 13.9. The highest BCUT2D eigenvalue weighted by atomic mass is 79.9. The fourth-order valence-corrected chi connectivity index (χ4v) is 2.71. The molecule has 0 aliphatic rings. The molecule has 0 spiro atoms. The quantitative estimate of drug-likeness (QED) is 0.712. The van der Waals surface area contributed by atoms with E-state index in [0.29, 0.717) is 20.9 Å². The summed E-state index contributed by atoms with van der Waals surface area (Å²) in [5.74, 6) is -0.850. The number of benzene rings is 2. The van der Waals surface area contributed by atoms with Crippen LogP contribution in [0.1, 0.15) is 10.4 Å². The van der Waals surface area contributed by atoms with Crippen LogP contribution < -0.4 is 5.73 Å². The molecule has 0 saturated carbocycles. The number of carbonyl (C=O) groups excluding carboxylic acids is 1. The predicted octanol–water partition coefficient (Wildman–Crippen LogP) is 3.32. The summed E-state index contributed by atoms with van der Waals surface area (Å²) in [4.78, 5) is 14.5. The molecule has 18 heavy (non-hydrogen) atoms. The van der Waals surface area contributed by atoms with Crippen LogP contribution in [0, 0.1) is 5.82 Å². The first kappa shape index (κ1) is 11.2. The summed E-state index contributed by atoms with van der Waals surface area (Å²) in [6.45, 7) is 0. The number of nitrogens with two attached hydrogens (primary N) is 1. The number of fused-ring (bicyclic) bond motifs is 3. The normalized spacial score (nSPS) is 11.2. The minimum Gasteiger partial charge on any atom is -0.366 e. The lowest BCUT2D eigenvalue weighted by Crippen LogP contribution is -2.11. The smallest absolute Gasteiger partial charge is 0.250 e. The van der Waals surface area contributed by atoms with E-state index in [0.717, 1.165) is 10.9 Å². The van der Waals surface area contributed by atoms with Crippen molar-refractivity contribution in [3.63, 3.8) is 0 Å². The van der Waals surface area contributed by atoms with Gasteiger partial charge >= 0.3 is 0 Å². The predicted molar refractivity (Wildman–Crippen MR) is 72.0 cm³/mol. The van der Waals surface area contributed by atoms with Gasteiger partial charge in [-0.25, -0.2) is 4.39 Å². The highest BCUT2D eigenvalue weighted by molar-refractivity contribution is 9.10. The van der Waals surface area contributed by atoms with Crippen LogP contribution in [-0.2, 0) is 0 Å². The Morgan fingerprint density at radius 3 is 2.78 bits per heavy atom. The fraction of sp³-hybridized carbons (Fsp3) is 0. The van der Waals surface area contributed by atoms with Crippen molar-refractivity contribution in [1.29, 1.82) is 0 Å². The largest absolute Gasteiger partial charge is 0.366 e. The van der Waals surface area contributed by atoms with E-state index in [9.17, 15) is 9.18 Å².